The zero-order valence-electron chi connectivity index (χ0n) is 20.0. The van der Waals surface area contributed by atoms with Crippen LogP contribution in [0.25, 0.3) is 0 Å². The van der Waals surface area contributed by atoms with Gasteiger partial charge in [0.1, 0.15) is 23.0 Å². The zero-order chi connectivity index (χ0) is 25.3. The monoisotopic (exact) mass is 474 g/mol. The molecule has 9 heteroatoms. The number of esters is 1. The molecule has 4 rings (SSSR count). The molecule has 9 nitrogen and oxygen atoms in total. The number of carbonyl (C=O) groups is 4. The number of Topliss-reactive ketones (excluding diaryl/α,β-unsaturated/α-hetero) is 1. The van der Waals surface area contributed by atoms with E-state index >= 15 is 0 Å². The van der Waals surface area contributed by atoms with Crippen LogP contribution in [0.2, 0.25) is 0 Å². The lowest BCUT2D eigenvalue weighted by Gasteiger charge is -2.37. The molecule has 0 N–H and O–H groups in total. The summed E-state index contributed by atoms with van der Waals surface area (Å²) >= 11 is 0. The smallest absolute Gasteiger partial charge is 0.318 e. The lowest BCUT2D eigenvalue weighted by molar-refractivity contribution is -0.159. The van der Waals surface area contributed by atoms with Crippen LogP contribution in [0.3, 0.4) is 0 Å². The van der Waals surface area contributed by atoms with Crippen molar-refractivity contribution in [1.29, 1.82) is 0 Å². The molecule has 3 atom stereocenters. The van der Waals surface area contributed by atoms with Gasteiger partial charge in [-0.2, -0.15) is 15.2 Å². The Morgan fingerprint density at radius 1 is 0.943 bits per heavy atom. The van der Waals surface area contributed by atoms with E-state index < -0.39 is 40.8 Å². The van der Waals surface area contributed by atoms with E-state index in [0.717, 1.165) is 5.01 Å². The van der Waals surface area contributed by atoms with Crippen molar-refractivity contribution < 1.29 is 23.9 Å². The molecule has 0 aliphatic carbocycles. The van der Waals surface area contributed by atoms with E-state index in [1.807, 2.05) is 0 Å². The van der Waals surface area contributed by atoms with Gasteiger partial charge in [0.25, 0.3) is 11.8 Å². The van der Waals surface area contributed by atoms with Gasteiger partial charge in [-0.1, -0.05) is 36.4 Å². The quantitative estimate of drug-likeness (QED) is 0.452. The van der Waals surface area contributed by atoms with Gasteiger partial charge in [-0.05, 0) is 52.0 Å². The molecule has 0 fully saturated rings. The third-order valence-electron chi connectivity index (χ3n) is 6.37. The molecule has 180 valence electrons. The van der Waals surface area contributed by atoms with Gasteiger partial charge in [-0.3, -0.25) is 19.2 Å². The first-order chi connectivity index (χ1) is 16.7. The van der Waals surface area contributed by atoms with Crippen LogP contribution < -0.4 is 10.0 Å². The molecule has 0 unspecified atom stereocenters. The number of amides is 2. The van der Waals surface area contributed by atoms with Crippen molar-refractivity contribution in [3.8, 4) is 0 Å². The summed E-state index contributed by atoms with van der Waals surface area (Å²) in [5, 5.41) is 11.3. The highest BCUT2D eigenvalue weighted by molar-refractivity contribution is 6.31. The van der Waals surface area contributed by atoms with Gasteiger partial charge in [0.15, 0.2) is 0 Å². The number of rotatable bonds is 7. The first-order valence-corrected chi connectivity index (χ1v) is 11.3. The number of ketones is 1. The fourth-order valence-electron chi connectivity index (χ4n) is 4.93. The lowest BCUT2D eigenvalue weighted by Crippen LogP contribution is -2.59. The maximum Gasteiger partial charge on any atom is 0.318 e. The second-order valence-corrected chi connectivity index (χ2v) is 8.46. The van der Waals surface area contributed by atoms with Gasteiger partial charge < -0.3 is 4.74 Å². The predicted octanol–water partition coefficient (Wildman–Crippen LogP) is 3.20. The highest BCUT2D eigenvalue weighted by atomic mass is 16.5. The minimum Gasteiger partial charge on any atom is -0.465 e. The zero-order valence-corrected chi connectivity index (χ0v) is 20.0. The van der Waals surface area contributed by atoms with Crippen molar-refractivity contribution in [1.82, 2.24) is 0 Å². The average Bonchev–Trinajstić information content (AvgIpc) is 3.28. The van der Waals surface area contributed by atoms with Crippen LogP contribution in [-0.4, -0.2) is 41.6 Å². The number of ether oxygens (including phenoxy) is 1. The molecule has 2 aromatic rings. The SMILES string of the molecule is CCOC(=O)[C@H](C(C)=O)[C@@]1([C@H]2C(=O)N(c3ccccc3)N=C2C)C(=O)N(c2ccccc2)N=C1C. The maximum atomic E-state index is 14.2. The Labute approximate surface area is 203 Å². The number of benzene rings is 2. The highest BCUT2D eigenvalue weighted by Gasteiger charge is 2.68. The summed E-state index contributed by atoms with van der Waals surface area (Å²) in [7, 11) is 0. The van der Waals surface area contributed by atoms with Crippen molar-refractivity contribution in [3.63, 3.8) is 0 Å². The summed E-state index contributed by atoms with van der Waals surface area (Å²) in [4.78, 5) is 54.3. The summed E-state index contributed by atoms with van der Waals surface area (Å²) < 4.78 is 5.23. The van der Waals surface area contributed by atoms with Gasteiger partial charge in [-0.25, -0.2) is 5.01 Å². The minimum atomic E-state index is -1.93. The van der Waals surface area contributed by atoms with E-state index in [1.54, 1.807) is 81.4 Å². The number of para-hydroxylation sites is 2. The molecule has 0 saturated heterocycles. The van der Waals surface area contributed by atoms with Crippen LogP contribution in [0.15, 0.2) is 70.9 Å². The third-order valence-corrected chi connectivity index (χ3v) is 6.37. The normalized spacial score (nSPS) is 22.7. The molecule has 35 heavy (non-hydrogen) atoms. The van der Waals surface area contributed by atoms with Crippen LogP contribution in [0.5, 0.6) is 0 Å². The van der Waals surface area contributed by atoms with E-state index in [4.69, 9.17) is 4.74 Å². The molecule has 2 aromatic carbocycles. The van der Waals surface area contributed by atoms with Crippen molar-refractivity contribution >= 4 is 46.4 Å². The Hall–Kier alpha value is -4.14. The number of nitrogens with zero attached hydrogens (tertiary/aromatic N) is 4. The van der Waals surface area contributed by atoms with Gasteiger partial charge in [0.2, 0.25) is 0 Å². The van der Waals surface area contributed by atoms with E-state index in [0.29, 0.717) is 17.1 Å². The van der Waals surface area contributed by atoms with Crippen molar-refractivity contribution in [2.75, 3.05) is 16.6 Å². The van der Waals surface area contributed by atoms with E-state index in [9.17, 15) is 19.2 Å². The number of anilines is 2. The number of carbonyl (C=O) groups excluding carboxylic acids is 4. The molecular weight excluding hydrogens is 448 g/mol. The Balaban J connectivity index is 1.92. The average molecular weight is 475 g/mol. The molecule has 2 aliphatic heterocycles. The first-order valence-electron chi connectivity index (χ1n) is 11.3. The minimum absolute atomic E-state index is 0.00724. The largest absolute Gasteiger partial charge is 0.465 e. The van der Waals surface area contributed by atoms with Crippen molar-refractivity contribution in [2.45, 2.75) is 27.7 Å². The van der Waals surface area contributed by atoms with Gasteiger partial charge in [0, 0.05) is 5.71 Å². The predicted molar refractivity (Wildman–Crippen MR) is 131 cm³/mol. The summed E-state index contributed by atoms with van der Waals surface area (Å²) in [6, 6.07) is 17.4. The second-order valence-electron chi connectivity index (χ2n) is 8.46. The van der Waals surface area contributed by atoms with E-state index in [2.05, 4.69) is 10.2 Å². The third kappa shape index (κ3) is 3.73. The first kappa shape index (κ1) is 24.0. The Morgan fingerprint density at radius 3 is 2.00 bits per heavy atom. The molecule has 2 aliphatic rings. The van der Waals surface area contributed by atoms with Gasteiger partial charge in [-0.15, -0.1) is 0 Å². The fourth-order valence-corrected chi connectivity index (χ4v) is 4.93. The number of hydrogen-bond acceptors (Lipinski definition) is 7. The molecule has 0 bridgehead atoms. The van der Waals surface area contributed by atoms with Gasteiger partial charge >= 0.3 is 5.97 Å². The van der Waals surface area contributed by atoms with Crippen molar-refractivity contribution in [2.24, 2.45) is 27.5 Å². The maximum absolute atomic E-state index is 14.2. The van der Waals surface area contributed by atoms with Crippen LogP contribution in [0.1, 0.15) is 27.7 Å². The standard InChI is InChI=1S/C26H26N4O5/c1-5-35-24(33)22(17(3)31)26(18(4)28-30(25(26)34)20-14-10-7-11-15-20)21-16(2)27-29(23(21)32)19-12-8-6-9-13-19/h6-15,21-22H,5H2,1-4H3/t21-,22+,26-/m1/s1. The molecule has 0 spiro atoms. The molecular formula is C26H26N4O5. The van der Waals surface area contributed by atoms with E-state index in [1.165, 1.54) is 11.9 Å². The molecule has 2 amide bonds. The highest BCUT2D eigenvalue weighted by Crippen LogP contribution is 2.49. The summed E-state index contributed by atoms with van der Waals surface area (Å²) in [5.74, 6) is -5.47. The second kappa shape index (κ2) is 9.25. The lowest BCUT2D eigenvalue weighted by atomic mass is 9.60. The topological polar surface area (TPSA) is 109 Å². The van der Waals surface area contributed by atoms with Gasteiger partial charge in [0.05, 0.1) is 23.7 Å². The van der Waals surface area contributed by atoms with E-state index in [-0.39, 0.29) is 12.3 Å². The Bertz CT molecular complexity index is 1240. The Morgan fingerprint density at radius 2 is 1.49 bits per heavy atom. The summed E-state index contributed by atoms with van der Waals surface area (Å²) in [6.07, 6.45) is 0. The molecule has 0 saturated carbocycles. The molecule has 0 aromatic heterocycles. The fraction of sp³-hybridized carbons (Fsp3) is 0.308. The molecule has 2 heterocycles. The van der Waals surface area contributed by atoms with Crippen LogP contribution in [-0.2, 0) is 23.9 Å². The van der Waals surface area contributed by atoms with Crippen LogP contribution >= 0.6 is 0 Å². The van der Waals surface area contributed by atoms with Crippen LogP contribution in [0.4, 0.5) is 11.4 Å². The molecule has 0 radical (unpaired) electrons. The number of hydrazone groups is 2. The number of hydrogen-bond donors (Lipinski definition) is 0. The summed E-state index contributed by atoms with van der Waals surface area (Å²) in [5.41, 5.74) is -0.508. The summed E-state index contributed by atoms with van der Waals surface area (Å²) in [6.45, 7) is 6.01. The Kier molecular flexibility index (Phi) is 6.34. The van der Waals surface area contributed by atoms with Crippen molar-refractivity contribution in [3.05, 3.63) is 60.7 Å². The van der Waals surface area contributed by atoms with Crippen LogP contribution in [0, 0.1) is 17.3 Å².